The lowest BCUT2D eigenvalue weighted by Gasteiger charge is -2.32. The molecular weight excluding hydrogens is 306 g/mol. The number of carboxylic acids is 1. The molecule has 0 radical (unpaired) electrons. The first-order valence-electron chi connectivity index (χ1n) is 8.74. The third-order valence-corrected chi connectivity index (χ3v) is 5.35. The molecule has 1 saturated heterocycles. The minimum atomic E-state index is -0.895. The smallest absolute Gasteiger partial charge is 0.305 e. The summed E-state index contributed by atoms with van der Waals surface area (Å²) in [5, 5.41) is 12.1. The third-order valence-electron chi connectivity index (χ3n) is 5.35. The van der Waals surface area contributed by atoms with Gasteiger partial charge in [0.15, 0.2) is 0 Å². The number of hydrogen-bond donors (Lipinski definition) is 2. The Morgan fingerprint density at radius 3 is 2.46 bits per heavy atom. The maximum Gasteiger partial charge on any atom is 0.305 e. The molecule has 1 aliphatic carbocycles. The van der Waals surface area contributed by atoms with Crippen LogP contribution >= 0.6 is 0 Å². The molecule has 1 aliphatic heterocycles. The van der Waals surface area contributed by atoms with Crippen LogP contribution in [0.2, 0.25) is 0 Å². The molecule has 1 aromatic rings. The molecule has 2 aliphatic rings. The average Bonchev–Trinajstić information content (AvgIpc) is 3.03. The van der Waals surface area contributed by atoms with E-state index in [2.05, 4.69) is 29.6 Å². The van der Waals surface area contributed by atoms with Crippen LogP contribution < -0.4 is 5.32 Å². The highest BCUT2D eigenvalue weighted by molar-refractivity contribution is 5.80. The summed E-state index contributed by atoms with van der Waals surface area (Å²) in [6.45, 7) is 0.804. The van der Waals surface area contributed by atoms with E-state index in [9.17, 15) is 9.59 Å². The van der Waals surface area contributed by atoms with Gasteiger partial charge in [0.2, 0.25) is 5.91 Å². The summed E-state index contributed by atoms with van der Waals surface area (Å²) >= 11 is 0. The van der Waals surface area contributed by atoms with E-state index < -0.39 is 11.5 Å². The Bertz CT molecular complexity index is 572. The Morgan fingerprint density at radius 2 is 1.88 bits per heavy atom. The van der Waals surface area contributed by atoms with Gasteiger partial charge in [-0.25, -0.2) is 0 Å². The second-order valence-electron chi connectivity index (χ2n) is 7.10. The van der Waals surface area contributed by atoms with Crippen molar-refractivity contribution in [2.24, 2.45) is 5.92 Å². The molecule has 1 aromatic carbocycles. The molecule has 1 saturated carbocycles. The number of amides is 1. The van der Waals surface area contributed by atoms with Crippen molar-refractivity contribution in [3.05, 3.63) is 35.9 Å². The van der Waals surface area contributed by atoms with Gasteiger partial charge in [-0.05, 0) is 43.6 Å². The molecule has 3 rings (SSSR count). The molecule has 2 N–H and O–H groups in total. The fraction of sp³-hybridized carbons (Fsp3) is 0.579. The molecule has 5 nitrogen and oxygen atoms in total. The Kier molecular flexibility index (Phi) is 5.19. The molecule has 1 amide bonds. The van der Waals surface area contributed by atoms with Crippen LogP contribution in [0.1, 0.15) is 50.0 Å². The van der Waals surface area contributed by atoms with E-state index in [1.165, 1.54) is 5.56 Å². The number of nitrogens with one attached hydrogen (secondary N) is 1. The fourth-order valence-corrected chi connectivity index (χ4v) is 3.96. The summed E-state index contributed by atoms with van der Waals surface area (Å²) in [4.78, 5) is 23.7. The molecule has 1 heterocycles. The molecule has 2 fully saturated rings. The lowest BCUT2D eigenvalue weighted by molar-refractivity contribution is -0.139. The lowest BCUT2D eigenvalue weighted by atomic mass is 9.78. The van der Waals surface area contributed by atoms with Crippen molar-refractivity contribution >= 4 is 11.9 Å². The van der Waals surface area contributed by atoms with Gasteiger partial charge >= 0.3 is 5.97 Å². The summed E-state index contributed by atoms with van der Waals surface area (Å²) in [5.41, 5.74) is 0.627. The Hall–Kier alpha value is -1.88. The van der Waals surface area contributed by atoms with Crippen LogP contribution in [0.5, 0.6) is 0 Å². The van der Waals surface area contributed by atoms with Gasteiger partial charge in [0.25, 0.3) is 0 Å². The average molecular weight is 331 g/mol. The number of benzene rings is 1. The van der Waals surface area contributed by atoms with E-state index in [1.54, 1.807) is 0 Å². The van der Waals surface area contributed by atoms with E-state index in [0.717, 1.165) is 25.7 Å². The van der Waals surface area contributed by atoms with Gasteiger partial charge in [0, 0.05) is 12.5 Å². The van der Waals surface area contributed by atoms with Crippen LogP contribution in [0.25, 0.3) is 0 Å². The van der Waals surface area contributed by atoms with Gasteiger partial charge in [-0.2, -0.15) is 0 Å². The summed E-state index contributed by atoms with van der Waals surface area (Å²) in [6.07, 6.45) is 4.22. The normalized spacial score (nSPS) is 30.0. The van der Waals surface area contributed by atoms with Crippen molar-refractivity contribution < 1.29 is 19.4 Å². The van der Waals surface area contributed by atoms with Gasteiger partial charge in [0.1, 0.15) is 0 Å². The van der Waals surface area contributed by atoms with Crippen LogP contribution in [0, 0.1) is 5.92 Å². The van der Waals surface area contributed by atoms with Crippen LogP contribution in [0.4, 0.5) is 0 Å². The van der Waals surface area contributed by atoms with E-state index >= 15 is 0 Å². The van der Waals surface area contributed by atoms with E-state index in [1.807, 2.05) is 6.07 Å². The number of hydrogen-bond acceptors (Lipinski definition) is 3. The standard InChI is InChI=1S/C19H25NO4/c21-17(22)12-19(10-11-24-13-19)20-18(23)16-8-6-15(7-9-16)14-4-2-1-3-5-14/h1-5,15-16H,6-13H2,(H,20,23)(H,21,22). The van der Waals surface area contributed by atoms with Crippen LogP contribution in [-0.2, 0) is 14.3 Å². The number of ether oxygens (including phenoxy) is 1. The minimum Gasteiger partial charge on any atom is -0.481 e. The third kappa shape index (κ3) is 3.96. The molecule has 24 heavy (non-hydrogen) atoms. The predicted molar refractivity (Wildman–Crippen MR) is 89.7 cm³/mol. The maximum absolute atomic E-state index is 12.6. The quantitative estimate of drug-likeness (QED) is 0.870. The monoisotopic (exact) mass is 331 g/mol. The molecule has 0 spiro atoms. The Balaban J connectivity index is 1.56. The van der Waals surface area contributed by atoms with Gasteiger partial charge < -0.3 is 15.2 Å². The van der Waals surface area contributed by atoms with Crippen molar-refractivity contribution in [1.82, 2.24) is 5.32 Å². The van der Waals surface area contributed by atoms with Crippen molar-refractivity contribution in [3.8, 4) is 0 Å². The number of carboxylic acid groups (broad SMARTS) is 1. The SMILES string of the molecule is O=C(O)CC1(NC(=O)C2CCC(c3ccccc3)CC2)CCOC1. The first-order valence-corrected chi connectivity index (χ1v) is 8.74. The zero-order chi connectivity index (χ0) is 17.0. The maximum atomic E-state index is 12.6. The zero-order valence-corrected chi connectivity index (χ0v) is 13.9. The summed E-state index contributed by atoms with van der Waals surface area (Å²) in [5.74, 6) is -0.392. The molecule has 1 unspecified atom stereocenters. The van der Waals surface area contributed by atoms with Crippen LogP contribution in [0.15, 0.2) is 30.3 Å². The summed E-state index contributed by atoms with van der Waals surface area (Å²) in [6, 6.07) is 10.5. The first-order chi connectivity index (χ1) is 11.6. The van der Waals surface area contributed by atoms with Gasteiger partial charge in [0.05, 0.1) is 18.6 Å². The molecule has 0 bridgehead atoms. The fourth-order valence-electron chi connectivity index (χ4n) is 3.96. The molecule has 5 heteroatoms. The molecule has 1 atom stereocenters. The lowest BCUT2D eigenvalue weighted by Crippen LogP contribution is -2.52. The van der Waals surface area contributed by atoms with Gasteiger partial charge in [-0.1, -0.05) is 30.3 Å². The van der Waals surface area contributed by atoms with Crippen LogP contribution in [-0.4, -0.2) is 35.7 Å². The Morgan fingerprint density at radius 1 is 1.17 bits per heavy atom. The Labute approximate surface area is 142 Å². The largest absolute Gasteiger partial charge is 0.481 e. The highest BCUT2D eigenvalue weighted by atomic mass is 16.5. The zero-order valence-electron chi connectivity index (χ0n) is 13.9. The van der Waals surface area contributed by atoms with Gasteiger partial charge in [-0.15, -0.1) is 0 Å². The molecule has 130 valence electrons. The molecule has 0 aromatic heterocycles. The van der Waals surface area contributed by atoms with Crippen LogP contribution in [0.3, 0.4) is 0 Å². The molecular formula is C19H25NO4. The topological polar surface area (TPSA) is 75.6 Å². The van der Waals surface area contributed by atoms with Crippen molar-refractivity contribution in [2.45, 2.75) is 50.0 Å². The van der Waals surface area contributed by atoms with Gasteiger partial charge in [-0.3, -0.25) is 9.59 Å². The summed E-state index contributed by atoms with van der Waals surface area (Å²) in [7, 11) is 0. The van der Waals surface area contributed by atoms with E-state index in [4.69, 9.17) is 9.84 Å². The second-order valence-corrected chi connectivity index (χ2v) is 7.10. The highest BCUT2D eigenvalue weighted by Crippen LogP contribution is 2.36. The predicted octanol–water partition coefficient (Wildman–Crippen LogP) is 2.71. The number of carbonyl (C=O) groups excluding carboxylic acids is 1. The van der Waals surface area contributed by atoms with Crippen molar-refractivity contribution in [1.29, 1.82) is 0 Å². The highest BCUT2D eigenvalue weighted by Gasteiger charge is 2.40. The van der Waals surface area contributed by atoms with Crippen molar-refractivity contribution in [3.63, 3.8) is 0 Å². The second kappa shape index (κ2) is 7.34. The minimum absolute atomic E-state index is 0.00624. The first kappa shape index (κ1) is 17.0. The number of carbonyl (C=O) groups is 2. The van der Waals surface area contributed by atoms with Crippen molar-refractivity contribution in [2.75, 3.05) is 13.2 Å². The van der Waals surface area contributed by atoms with E-state index in [-0.39, 0.29) is 18.2 Å². The van der Waals surface area contributed by atoms with E-state index in [0.29, 0.717) is 25.6 Å². The number of rotatable bonds is 5. The summed E-state index contributed by atoms with van der Waals surface area (Å²) < 4.78 is 5.35. The number of aliphatic carboxylic acids is 1.